The zero-order valence-electron chi connectivity index (χ0n) is 15.9. The molecule has 1 N–H and O–H groups in total. The maximum absolute atomic E-state index is 13.6. The summed E-state index contributed by atoms with van der Waals surface area (Å²) < 4.78 is 0. The Morgan fingerprint density at radius 1 is 1.06 bits per heavy atom. The lowest BCUT2D eigenvalue weighted by atomic mass is 9.95. The zero-order valence-corrected chi connectivity index (χ0v) is 17.4. The third kappa shape index (κ3) is 4.10. The Morgan fingerprint density at radius 3 is 2.52 bits per heavy atom. The molecule has 1 unspecified atom stereocenters. The van der Waals surface area contributed by atoms with Crippen molar-refractivity contribution in [3.05, 3.63) is 104 Å². The summed E-state index contributed by atoms with van der Waals surface area (Å²) in [5.41, 5.74) is 1.57. The van der Waals surface area contributed by atoms with E-state index in [4.69, 9.17) is 23.2 Å². The van der Waals surface area contributed by atoms with E-state index in [0.29, 0.717) is 16.3 Å². The zero-order chi connectivity index (χ0) is 22.1. The number of nitrogens with one attached hydrogen (secondary N) is 1. The molecule has 9 heteroatoms. The van der Waals surface area contributed by atoms with Gasteiger partial charge in [-0.3, -0.25) is 19.7 Å². The highest BCUT2D eigenvalue weighted by molar-refractivity contribution is 6.34. The second-order valence-electron chi connectivity index (χ2n) is 6.95. The van der Waals surface area contributed by atoms with Crippen molar-refractivity contribution in [1.29, 1.82) is 0 Å². The van der Waals surface area contributed by atoms with E-state index in [1.165, 1.54) is 17.0 Å². The van der Waals surface area contributed by atoms with Gasteiger partial charge >= 0.3 is 0 Å². The predicted molar refractivity (Wildman–Crippen MR) is 118 cm³/mol. The number of benzene rings is 3. The van der Waals surface area contributed by atoms with Crippen LogP contribution in [-0.2, 0) is 4.79 Å². The molecule has 0 spiro atoms. The standard InChI is InChI=1S/C22H15Cl2N3O4/c23-14-6-9-19-17(10-14)21(13-4-2-1-3-5-13)26(12-20(28)25-19)22(29)16-11-15(27(30)31)7-8-18(16)24/h1-11,21H,12H2,(H,25,28). The third-order valence-electron chi connectivity index (χ3n) is 4.98. The van der Waals surface area contributed by atoms with Crippen LogP contribution in [0.5, 0.6) is 0 Å². The maximum atomic E-state index is 13.6. The number of carbonyl (C=O) groups is 2. The fourth-order valence-electron chi connectivity index (χ4n) is 3.61. The predicted octanol–water partition coefficient (Wildman–Crippen LogP) is 5.09. The third-order valence-corrected chi connectivity index (χ3v) is 5.54. The summed E-state index contributed by atoms with van der Waals surface area (Å²) >= 11 is 12.5. The molecular weight excluding hydrogens is 441 g/mol. The smallest absolute Gasteiger partial charge is 0.270 e. The van der Waals surface area contributed by atoms with Crippen molar-refractivity contribution < 1.29 is 14.5 Å². The van der Waals surface area contributed by atoms with Gasteiger partial charge in [-0.15, -0.1) is 0 Å². The van der Waals surface area contributed by atoms with E-state index in [1.54, 1.807) is 18.2 Å². The van der Waals surface area contributed by atoms with E-state index in [1.807, 2.05) is 30.3 Å². The normalized spacial score (nSPS) is 15.6. The molecule has 0 radical (unpaired) electrons. The first-order valence-electron chi connectivity index (χ1n) is 9.24. The number of non-ortho nitro benzene ring substituents is 1. The molecule has 1 aliphatic rings. The van der Waals surface area contributed by atoms with E-state index >= 15 is 0 Å². The largest absolute Gasteiger partial charge is 0.324 e. The topological polar surface area (TPSA) is 92.5 Å². The molecule has 0 saturated heterocycles. The molecule has 156 valence electrons. The van der Waals surface area contributed by atoms with Crippen molar-refractivity contribution in [2.24, 2.45) is 0 Å². The summed E-state index contributed by atoms with van der Waals surface area (Å²) in [5, 5.41) is 14.5. The van der Waals surface area contributed by atoms with Gasteiger partial charge in [0.05, 0.1) is 21.6 Å². The fraction of sp³-hybridized carbons (Fsp3) is 0.0909. The van der Waals surface area contributed by atoms with Crippen molar-refractivity contribution in [2.45, 2.75) is 6.04 Å². The number of rotatable bonds is 3. The monoisotopic (exact) mass is 455 g/mol. The van der Waals surface area contributed by atoms with E-state index in [2.05, 4.69) is 5.32 Å². The second kappa shape index (κ2) is 8.37. The van der Waals surface area contributed by atoms with Crippen LogP contribution in [0.2, 0.25) is 10.0 Å². The first-order chi connectivity index (χ1) is 14.8. The lowest BCUT2D eigenvalue weighted by Crippen LogP contribution is -2.39. The number of nitro benzene ring substituents is 1. The van der Waals surface area contributed by atoms with Crippen LogP contribution < -0.4 is 5.32 Å². The minimum atomic E-state index is -0.670. The number of hydrogen-bond acceptors (Lipinski definition) is 4. The van der Waals surface area contributed by atoms with Crippen LogP contribution in [0.1, 0.15) is 27.5 Å². The van der Waals surface area contributed by atoms with Gasteiger partial charge < -0.3 is 10.2 Å². The number of carbonyl (C=O) groups excluding carboxylic acids is 2. The Bertz CT molecular complexity index is 1200. The highest BCUT2D eigenvalue weighted by Gasteiger charge is 2.35. The summed E-state index contributed by atoms with van der Waals surface area (Å²) in [6, 6.07) is 17.1. The van der Waals surface area contributed by atoms with E-state index in [9.17, 15) is 19.7 Å². The Labute approximate surface area is 187 Å². The summed E-state index contributed by atoms with van der Waals surface area (Å²) in [5.74, 6) is -1.01. The van der Waals surface area contributed by atoms with E-state index in [-0.39, 0.29) is 22.8 Å². The number of halogens is 2. The molecule has 7 nitrogen and oxygen atoms in total. The molecule has 0 saturated carbocycles. The van der Waals surface area contributed by atoms with Crippen LogP contribution in [0, 0.1) is 10.1 Å². The van der Waals surface area contributed by atoms with Crippen LogP contribution >= 0.6 is 23.2 Å². The van der Waals surface area contributed by atoms with Crippen molar-refractivity contribution in [2.75, 3.05) is 11.9 Å². The van der Waals surface area contributed by atoms with Crippen LogP contribution in [0.4, 0.5) is 11.4 Å². The summed E-state index contributed by atoms with van der Waals surface area (Å²) in [6.07, 6.45) is 0. The molecule has 4 rings (SSSR count). The number of fused-ring (bicyclic) bond motifs is 1. The molecule has 0 bridgehead atoms. The molecule has 0 fully saturated rings. The highest BCUT2D eigenvalue weighted by atomic mass is 35.5. The number of amides is 2. The number of nitrogens with zero attached hydrogens (tertiary/aromatic N) is 2. The van der Waals surface area contributed by atoms with Crippen molar-refractivity contribution in [3.63, 3.8) is 0 Å². The van der Waals surface area contributed by atoms with Gasteiger partial charge in [-0.2, -0.15) is 0 Å². The molecule has 1 aliphatic heterocycles. The van der Waals surface area contributed by atoms with Gasteiger partial charge in [0.15, 0.2) is 0 Å². The number of nitro groups is 1. The highest BCUT2D eigenvalue weighted by Crippen LogP contribution is 2.38. The SMILES string of the molecule is O=C1CN(C(=O)c2cc([N+](=O)[O-])ccc2Cl)C(c2ccccc2)c2cc(Cl)ccc2N1. The average molecular weight is 456 g/mol. The van der Waals surface area contributed by atoms with E-state index < -0.39 is 22.8 Å². The average Bonchev–Trinajstić information content (AvgIpc) is 2.89. The Hall–Kier alpha value is -3.42. The minimum Gasteiger partial charge on any atom is -0.324 e. The van der Waals surface area contributed by atoms with Crippen LogP contribution in [-0.4, -0.2) is 28.2 Å². The maximum Gasteiger partial charge on any atom is 0.270 e. The molecule has 1 atom stereocenters. The molecule has 2 amide bonds. The first kappa shape index (κ1) is 20.8. The lowest BCUT2D eigenvalue weighted by Gasteiger charge is -2.31. The molecule has 3 aromatic rings. The van der Waals surface area contributed by atoms with Crippen LogP contribution in [0.25, 0.3) is 0 Å². The van der Waals surface area contributed by atoms with Gasteiger partial charge in [0.2, 0.25) is 5.91 Å². The van der Waals surface area contributed by atoms with Gasteiger partial charge in [-0.05, 0) is 29.8 Å². The Morgan fingerprint density at radius 2 is 1.81 bits per heavy atom. The number of anilines is 1. The van der Waals surface area contributed by atoms with Gasteiger partial charge in [0, 0.05) is 28.4 Å². The van der Waals surface area contributed by atoms with Crippen molar-refractivity contribution >= 4 is 46.4 Å². The fourth-order valence-corrected chi connectivity index (χ4v) is 3.99. The summed E-state index contributed by atoms with van der Waals surface area (Å²) in [6.45, 7) is -0.274. The molecule has 1 heterocycles. The van der Waals surface area contributed by atoms with Gasteiger partial charge in [0.1, 0.15) is 6.54 Å². The molecule has 0 aromatic heterocycles. The van der Waals surface area contributed by atoms with Gasteiger partial charge in [-0.25, -0.2) is 0 Å². The van der Waals surface area contributed by atoms with Crippen LogP contribution in [0.3, 0.4) is 0 Å². The minimum absolute atomic E-state index is 0.0541. The molecule has 0 aliphatic carbocycles. The second-order valence-corrected chi connectivity index (χ2v) is 7.79. The summed E-state index contributed by atoms with van der Waals surface area (Å²) in [4.78, 5) is 38.2. The quantitative estimate of drug-likeness (QED) is 0.439. The molecule has 3 aromatic carbocycles. The number of hydrogen-bond donors (Lipinski definition) is 1. The van der Waals surface area contributed by atoms with Crippen molar-refractivity contribution in [3.8, 4) is 0 Å². The molecular formula is C22H15Cl2N3O4. The summed E-state index contributed by atoms with van der Waals surface area (Å²) in [7, 11) is 0. The lowest BCUT2D eigenvalue weighted by molar-refractivity contribution is -0.384. The molecule has 31 heavy (non-hydrogen) atoms. The Balaban J connectivity index is 1.90. The van der Waals surface area contributed by atoms with Gasteiger partial charge in [0.25, 0.3) is 11.6 Å². The van der Waals surface area contributed by atoms with Crippen LogP contribution in [0.15, 0.2) is 66.7 Å². The van der Waals surface area contributed by atoms with Gasteiger partial charge in [-0.1, -0.05) is 53.5 Å². The first-order valence-corrected chi connectivity index (χ1v) is 10.00. The van der Waals surface area contributed by atoms with E-state index in [0.717, 1.165) is 11.6 Å². The Kier molecular flexibility index (Phi) is 5.63. The van der Waals surface area contributed by atoms with Crippen molar-refractivity contribution in [1.82, 2.24) is 4.90 Å².